The van der Waals surface area contributed by atoms with Crippen LogP contribution in [0.1, 0.15) is 30.1 Å². The lowest BCUT2D eigenvalue weighted by Crippen LogP contribution is -2.37. The highest BCUT2D eigenvalue weighted by molar-refractivity contribution is 5.89. The van der Waals surface area contributed by atoms with Crippen molar-refractivity contribution in [3.63, 3.8) is 0 Å². The Balaban J connectivity index is 2.06. The van der Waals surface area contributed by atoms with E-state index in [-0.39, 0.29) is 23.3 Å². The minimum Gasteiger partial charge on any atom is -0.479 e. The Labute approximate surface area is 110 Å². The number of benzene rings is 1. The summed E-state index contributed by atoms with van der Waals surface area (Å²) in [5, 5.41) is 11.7. The Morgan fingerprint density at radius 3 is 2.74 bits per heavy atom. The smallest absolute Gasteiger partial charge is 0.335 e. The van der Waals surface area contributed by atoms with Gasteiger partial charge in [0.25, 0.3) is 5.91 Å². The van der Waals surface area contributed by atoms with Gasteiger partial charge in [0, 0.05) is 6.04 Å². The zero-order valence-electron chi connectivity index (χ0n) is 10.6. The number of anilines is 1. The van der Waals surface area contributed by atoms with Gasteiger partial charge in [0.2, 0.25) is 0 Å². The van der Waals surface area contributed by atoms with Gasteiger partial charge in [-0.15, -0.1) is 0 Å². The Bertz CT molecular complexity index is 511. The molecule has 6 nitrogen and oxygen atoms in total. The van der Waals surface area contributed by atoms with Crippen molar-refractivity contribution in [2.24, 2.45) is 0 Å². The molecule has 1 atom stereocenters. The van der Waals surface area contributed by atoms with Crippen LogP contribution in [-0.4, -0.2) is 29.1 Å². The summed E-state index contributed by atoms with van der Waals surface area (Å²) < 4.78 is 5.43. The van der Waals surface area contributed by atoms with E-state index >= 15 is 0 Å². The number of carboxylic acid groups (broad SMARTS) is 1. The minimum absolute atomic E-state index is 0.0685. The molecule has 0 bridgehead atoms. The SMILES string of the molecule is CC(Oc1cc(C(=O)O)ccc1N)C(=O)NC1CC1. The lowest BCUT2D eigenvalue weighted by Gasteiger charge is -2.16. The second kappa shape index (κ2) is 5.17. The van der Waals surface area contributed by atoms with E-state index in [0.717, 1.165) is 12.8 Å². The summed E-state index contributed by atoms with van der Waals surface area (Å²) >= 11 is 0. The molecule has 1 aliphatic rings. The number of hydrogen-bond acceptors (Lipinski definition) is 4. The Morgan fingerprint density at radius 1 is 1.47 bits per heavy atom. The van der Waals surface area contributed by atoms with Crippen molar-refractivity contribution in [1.82, 2.24) is 5.32 Å². The molecule has 1 aliphatic carbocycles. The molecule has 0 saturated heterocycles. The van der Waals surface area contributed by atoms with Gasteiger partial charge in [-0.25, -0.2) is 4.79 Å². The molecule has 1 fully saturated rings. The first-order valence-corrected chi connectivity index (χ1v) is 6.07. The van der Waals surface area contributed by atoms with Crippen molar-refractivity contribution in [1.29, 1.82) is 0 Å². The van der Waals surface area contributed by atoms with Gasteiger partial charge in [0.05, 0.1) is 11.3 Å². The van der Waals surface area contributed by atoms with Crippen LogP contribution in [0.2, 0.25) is 0 Å². The highest BCUT2D eigenvalue weighted by Crippen LogP contribution is 2.24. The first-order valence-electron chi connectivity index (χ1n) is 6.07. The number of aromatic carboxylic acids is 1. The van der Waals surface area contributed by atoms with E-state index in [1.165, 1.54) is 18.2 Å². The average Bonchev–Trinajstić information content (AvgIpc) is 3.15. The number of amides is 1. The van der Waals surface area contributed by atoms with Gasteiger partial charge in [-0.1, -0.05) is 0 Å². The third-order valence-corrected chi connectivity index (χ3v) is 2.86. The lowest BCUT2D eigenvalue weighted by molar-refractivity contribution is -0.127. The summed E-state index contributed by atoms with van der Waals surface area (Å²) in [4.78, 5) is 22.6. The summed E-state index contributed by atoms with van der Waals surface area (Å²) in [5.74, 6) is -1.08. The van der Waals surface area contributed by atoms with Gasteiger partial charge < -0.3 is 20.9 Å². The lowest BCUT2D eigenvalue weighted by atomic mass is 10.2. The van der Waals surface area contributed by atoms with E-state index in [0.29, 0.717) is 5.69 Å². The van der Waals surface area contributed by atoms with Crippen molar-refractivity contribution in [3.8, 4) is 5.75 Å². The van der Waals surface area contributed by atoms with E-state index in [1.54, 1.807) is 6.92 Å². The molecule has 6 heteroatoms. The Kier molecular flexibility index (Phi) is 3.59. The summed E-state index contributed by atoms with van der Waals surface area (Å²) in [6.45, 7) is 1.60. The quantitative estimate of drug-likeness (QED) is 0.689. The van der Waals surface area contributed by atoms with Crippen molar-refractivity contribution in [3.05, 3.63) is 23.8 Å². The predicted molar refractivity (Wildman–Crippen MR) is 69.1 cm³/mol. The van der Waals surface area contributed by atoms with E-state index in [2.05, 4.69) is 5.32 Å². The number of carboxylic acids is 1. The largest absolute Gasteiger partial charge is 0.479 e. The number of carbonyl (C=O) groups excluding carboxylic acids is 1. The summed E-state index contributed by atoms with van der Waals surface area (Å²) in [6, 6.07) is 4.41. The predicted octanol–water partition coefficient (Wildman–Crippen LogP) is 1.01. The van der Waals surface area contributed by atoms with Gasteiger partial charge in [0.15, 0.2) is 6.10 Å². The van der Waals surface area contributed by atoms with Crippen LogP contribution in [0.4, 0.5) is 5.69 Å². The number of rotatable bonds is 5. The van der Waals surface area contributed by atoms with Gasteiger partial charge in [0.1, 0.15) is 5.75 Å². The van der Waals surface area contributed by atoms with Crippen LogP contribution in [0.3, 0.4) is 0 Å². The molecule has 2 rings (SSSR count). The molecule has 1 aromatic rings. The molecule has 0 aromatic heterocycles. The van der Waals surface area contributed by atoms with Crippen LogP contribution in [0.25, 0.3) is 0 Å². The molecule has 1 aromatic carbocycles. The van der Waals surface area contributed by atoms with Gasteiger partial charge in [-0.2, -0.15) is 0 Å². The zero-order valence-corrected chi connectivity index (χ0v) is 10.6. The molecule has 1 unspecified atom stereocenters. The van der Waals surface area contributed by atoms with Crippen LogP contribution in [0.5, 0.6) is 5.75 Å². The van der Waals surface area contributed by atoms with Crippen molar-refractivity contribution >= 4 is 17.6 Å². The molecule has 0 heterocycles. The third-order valence-electron chi connectivity index (χ3n) is 2.86. The number of nitrogens with one attached hydrogen (secondary N) is 1. The Hall–Kier alpha value is -2.24. The zero-order chi connectivity index (χ0) is 14.0. The molecule has 0 aliphatic heterocycles. The highest BCUT2D eigenvalue weighted by Gasteiger charge is 2.26. The molecule has 1 amide bonds. The highest BCUT2D eigenvalue weighted by atomic mass is 16.5. The van der Waals surface area contributed by atoms with Gasteiger partial charge in [-0.05, 0) is 38.0 Å². The van der Waals surface area contributed by atoms with Crippen molar-refractivity contribution in [2.75, 3.05) is 5.73 Å². The molecule has 1 saturated carbocycles. The average molecular weight is 264 g/mol. The number of hydrogen-bond donors (Lipinski definition) is 3. The minimum atomic E-state index is -1.07. The van der Waals surface area contributed by atoms with Crippen LogP contribution < -0.4 is 15.8 Å². The number of nitrogen functional groups attached to an aromatic ring is 1. The molecule has 0 spiro atoms. The first kappa shape index (κ1) is 13.2. The molecular formula is C13H16N2O4. The summed E-state index contributed by atoms with van der Waals surface area (Å²) in [6.07, 6.45) is 1.27. The summed E-state index contributed by atoms with van der Waals surface area (Å²) in [5.41, 5.74) is 6.07. The van der Waals surface area contributed by atoms with E-state index in [4.69, 9.17) is 15.6 Å². The number of nitrogens with two attached hydrogens (primary N) is 1. The van der Waals surface area contributed by atoms with Gasteiger partial charge in [-0.3, -0.25) is 4.79 Å². The molecule has 19 heavy (non-hydrogen) atoms. The molecular weight excluding hydrogens is 248 g/mol. The van der Waals surface area contributed by atoms with Crippen LogP contribution in [0, 0.1) is 0 Å². The maximum atomic E-state index is 11.7. The standard InChI is InChI=1S/C13H16N2O4/c1-7(12(16)15-9-3-4-9)19-11-6-8(13(17)18)2-5-10(11)14/h2,5-7,9H,3-4,14H2,1H3,(H,15,16)(H,17,18). The molecule has 0 radical (unpaired) electrons. The second-order valence-electron chi connectivity index (χ2n) is 4.60. The summed E-state index contributed by atoms with van der Waals surface area (Å²) in [7, 11) is 0. The Morgan fingerprint density at radius 2 is 2.16 bits per heavy atom. The maximum Gasteiger partial charge on any atom is 0.335 e. The van der Waals surface area contributed by atoms with Crippen LogP contribution >= 0.6 is 0 Å². The van der Waals surface area contributed by atoms with E-state index < -0.39 is 12.1 Å². The maximum absolute atomic E-state index is 11.7. The normalized spacial score (nSPS) is 15.6. The third kappa shape index (κ3) is 3.37. The van der Waals surface area contributed by atoms with Crippen LogP contribution in [0.15, 0.2) is 18.2 Å². The fraction of sp³-hybridized carbons (Fsp3) is 0.385. The number of carbonyl (C=O) groups is 2. The fourth-order valence-electron chi connectivity index (χ4n) is 1.56. The van der Waals surface area contributed by atoms with E-state index in [9.17, 15) is 9.59 Å². The van der Waals surface area contributed by atoms with Gasteiger partial charge >= 0.3 is 5.97 Å². The van der Waals surface area contributed by atoms with Crippen molar-refractivity contribution in [2.45, 2.75) is 31.9 Å². The van der Waals surface area contributed by atoms with Crippen molar-refractivity contribution < 1.29 is 19.4 Å². The van der Waals surface area contributed by atoms with E-state index in [1.807, 2.05) is 0 Å². The fourth-order valence-corrected chi connectivity index (χ4v) is 1.56. The topological polar surface area (TPSA) is 102 Å². The second-order valence-corrected chi connectivity index (χ2v) is 4.60. The van der Waals surface area contributed by atoms with Crippen LogP contribution in [-0.2, 0) is 4.79 Å². The molecule has 4 N–H and O–H groups in total. The molecule has 102 valence electrons. The monoisotopic (exact) mass is 264 g/mol. The first-order chi connectivity index (χ1) is 8.97. The number of ether oxygens (including phenoxy) is 1.